The van der Waals surface area contributed by atoms with Crippen LogP contribution in [0.15, 0.2) is 65.8 Å². The summed E-state index contributed by atoms with van der Waals surface area (Å²) in [6.07, 6.45) is 1.71. The van der Waals surface area contributed by atoms with Gasteiger partial charge in [0.2, 0.25) is 0 Å². The smallest absolute Gasteiger partial charge is 0.407 e. The summed E-state index contributed by atoms with van der Waals surface area (Å²) in [7, 11) is 0. The predicted octanol–water partition coefficient (Wildman–Crippen LogP) is 7.28. The number of aromatic nitrogens is 1. The summed E-state index contributed by atoms with van der Waals surface area (Å²) in [5.41, 5.74) is 0.824. The Morgan fingerprint density at radius 1 is 1.00 bits per heavy atom. The van der Waals surface area contributed by atoms with E-state index in [1.165, 1.54) is 0 Å². The molecule has 262 valence electrons. The average molecular weight is 711 g/mol. The summed E-state index contributed by atoms with van der Waals surface area (Å²) in [5, 5.41) is 12.7. The first-order valence-electron chi connectivity index (χ1n) is 16.6. The number of carbonyl (C=O) groups excluding carboxylic acids is 2. The van der Waals surface area contributed by atoms with Gasteiger partial charge in [-0.15, -0.1) is 0 Å². The lowest BCUT2D eigenvalue weighted by Gasteiger charge is -2.47. The molecule has 3 heterocycles. The summed E-state index contributed by atoms with van der Waals surface area (Å²) in [6.45, 7) is 13.3. The van der Waals surface area contributed by atoms with E-state index in [0.29, 0.717) is 59.7 Å². The van der Waals surface area contributed by atoms with Gasteiger partial charge in [0.25, 0.3) is 0 Å². The quantitative estimate of drug-likeness (QED) is 0.254. The number of urea groups is 1. The molecule has 1 saturated heterocycles. The van der Waals surface area contributed by atoms with E-state index in [2.05, 4.69) is 26.1 Å². The lowest BCUT2D eigenvalue weighted by atomic mass is 9.71. The molecule has 2 N–H and O–H groups in total. The zero-order chi connectivity index (χ0) is 35.6. The van der Waals surface area contributed by atoms with E-state index in [4.69, 9.17) is 47.8 Å². The van der Waals surface area contributed by atoms with E-state index in [1.807, 2.05) is 75.4 Å². The number of hydrogen-bond acceptors (Lipinski definition) is 7. The number of hydrogen-bond donors (Lipinski definition) is 2. The van der Waals surface area contributed by atoms with Gasteiger partial charge >= 0.3 is 12.1 Å². The van der Waals surface area contributed by atoms with Crippen molar-refractivity contribution in [3.8, 4) is 5.75 Å². The maximum Gasteiger partial charge on any atom is 0.407 e. The predicted molar refractivity (Wildman–Crippen MR) is 192 cm³/mol. The van der Waals surface area contributed by atoms with Gasteiger partial charge in [0.15, 0.2) is 0 Å². The summed E-state index contributed by atoms with van der Waals surface area (Å²) in [5.74, 6) is 1.01. The van der Waals surface area contributed by atoms with Gasteiger partial charge < -0.3 is 24.8 Å². The van der Waals surface area contributed by atoms with Gasteiger partial charge in [0.05, 0.1) is 18.8 Å². The fourth-order valence-electron chi connectivity index (χ4n) is 6.51. The molecule has 2 aliphatic heterocycles. The highest BCUT2D eigenvalue weighted by molar-refractivity contribution is 6.30. The minimum Gasteiger partial charge on any atom is -0.493 e. The number of benzene rings is 2. The topological polar surface area (TPSA) is 117 Å². The molecule has 2 aliphatic rings. The van der Waals surface area contributed by atoms with Crippen molar-refractivity contribution in [3.05, 3.63) is 93.2 Å². The van der Waals surface area contributed by atoms with Crippen LogP contribution < -0.4 is 10.1 Å². The number of carbonyl (C=O) groups is 2. The van der Waals surface area contributed by atoms with Crippen LogP contribution >= 0.6 is 23.2 Å². The Kier molecular flexibility index (Phi) is 10.8. The van der Waals surface area contributed by atoms with Crippen LogP contribution in [0.1, 0.15) is 76.8 Å². The lowest BCUT2D eigenvalue weighted by molar-refractivity contribution is 0.0480. The van der Waals surface area contributed by atoms with Gasteiger partial charge in [-0.2, -0.15) is 0 Å². The first kappa shape index (κ1) is 36.4. The normalized spacial score (nSPS) is 21.4. The zero-order valence-electron chi connectivity index (χ0n) is 28.9. The van der Waals surface area contributed by atoms with Crippen molar-refractivity contribution in [2.75, 3.05) is 32.8 Å². The van der Waals surface area contributed by atoms with Crippen molar-refractivity contribution in [1.29, 1.82) is 0 Å². The molecular weight excluding hydrogens is 665 g/mol. The maximum atomic E-state index is 15.1. The number of amides is 3. The number of likely N-dealkylation sites (tertiary alicyclic amines) is 1. The number of nitrogens with one attached hydrogen (secondary N) is 1. The van der Waals surface area contributed by atoms with E-state index in [-0.39, 0.29) is 30.7 Å². The van der Waals surface area contributed by atoms with Gasteiger partial charge in [-0.25, -0.2) is 9.59 Å². The molecule has 0 saturated carbocycles. The number of pyridine rings is 1. The van der Waals surface area contributed by atoms with Gasteiger partial charge in [-0.05, 0) is 56.2 Å². The van der Waals surface area contributed by atoms with E-state index < -0.39 is 17.2 Å². The number of halogens is 2. The third-order valence-corrected chi connectivity index (χ3v) is 9.99. The van der Waals surface area contributed by atoms with E-state index in [0.717, 1.165) is 16.8 Å². The van der Waals surface area contributed by atoms with Crippen LogP contribution in [-0.2, 0) is 21.2 Å². The second-order valence-electron chi connectivity index (χ2n) is 13.7. The Hall–Kier alpha value is -3.86. The van der Waals surface area contributed by atoms with Crippen LogP contribution in [0.3, 0.4) is 0 Å². The van der Waals surface area contributed by atoms with E-state index in [1.54, 1.807) is 16.0 Å². The number of nitrogens with zero attached hydrogens (tertiary/aromatic N) is 4. The van der Waals surface area contributed by atoms with Crippen LogP contribution in [0.2, 0.25) is 10.0 Å². The maximum absolute atomic E-state index is 15.1. The van der Waals surface area contributed by atoms with Gasteiger partial charge in [0.1, 0.15) is 28.8 Å². The number of alkyl carbamates (subject to hydrolysis) is 1. The zero-order valence-corrected chi connectivity index (χ0v) is 30.4. The minimum absolute atomic E-state index is 0.109. The number of aliphatic hydroxyl groups excluding tert-OH is 1. The third-order valence-electron chi connectivity index (χ3n) is 9.48. The highest BCUT2D eigenvalue weighted by atomic mass is 35.5. The van der Waals surface area contributed by atoms with Crippen molar-refractivity contribution >= 4 is 41.2 Å². The number of aliphatic hydroxyl groups is 1. The summed E-state index contributed by atoms with van der Waals surface area (Å²) in [6, 6.07) is 16.7. The first-order chi connectivity index (χ1) is 23.2. The van der Waals surface area contributed by atoms with E-state index in [9.17, 15) is 4.79 Å². The largest absolute Gasteiger partial charge is 0.493 e. The Labute approximate surface area is 298 Å². The number of rotatable bonds is 8. The second kappa shape index (κ2) is 14.5. The van der Waals surface area contributed by atoms with Crippen molar-refractivity contribution < 1.29 is 24.2 Å². The van der Waals surface area contributed by atoms with Crippen LogP contribution in [-0.4, -0.2) is 76.8 Å². The molecule has 0 aliphatic carbocycles. The summed E-state index contributed by atoms with van der Waals surface area (Å²) in [4.78, 5) is 41.1. The Bertz CT molecular complexity index is 1690. The van der Waals surface area contributed by atoms with Crippen molar-refractivity contribution in [3.63, 3.8) is 0 Å². The standard InChI is InChI=1S/C37H45Cl2N5O5/c1-7-48-30-22-31(35(2,3)4)41-23-29(30)32-42-36(5,24-8-12-26(38)13-9-24)37(6,25-10-14-27(39)15-11-25)44(32)34(47)43-19-16-28(17-20-43)49-33(46)40-18-21-45/h8-15,22-23,28,45H,7,16-21H2,1-6H3,(H,40,46)/t36-,37+/m0/s1. The molecule has 2 atom stereocenters. The average Bonchev–Trinajstić information content (AvgIpc) is 3.31. The SMILES string of the molecule is CCOc1cc(C(C)(C)C)ncc1C1=N[C@@](C)(c2ccc(Cl)cc2)[C@@](C)(c2ccc(Cl)cc2)N1C(=O)N1CCC(OC(=O)NCCO)CC1. The van der Waals surface area contributed by atoms with Gasteiger partial charge in [0, 0.05) is 65.9 Å². The molecule has 3 amide bonds. The lowest BCUT2D eigenvalue weighted by Crippen LogP contribution is -2.59. The third kappa shape index (κ3) is 7.23. The molecule has 2 aromatic carbocycles. The molecule has 0 spiro atoms. The summed E-state index contributed by atoms with van der Waals surface area (Å²) >= 11 is 12.7. The van der Waals surface area contributed by atoms with Crippen LogP contribution in [0.25, 0.3) is 0 Å². The second-order valence-corrected chi connectivity index (χ2v) is 14.6. The van der Waals surface area contributed by atoms with Crippen molar-refractivity contribution in [1.82, 2.24) is 20.1 Å². The molecule has 0 radical (unpaired) electrons. The van der Waals surface area contributed by atoms with Crippen LogP contribution in [0, 0.1) is 0 Å². The molecule has 5 rings (SSSR count). The van der Waals surface area contributed by atoms with Gasteiger partial charge in [-0.1, -0.05) is 68.2 Å². The van der Waals surface area contributed by atoms with Gasteiger partial charge in [-0.3, -0.25) is 14.9 Å². The number of piperidine rings is 1. The molecule has 49 heavy (non-hydrogen) atoms. The molecular formula is C37H45Cl2N5O5. The van der Waals surface area contributed by atoms with E-state index >= 15 is 4.79 Å². The summed E-state index contributed by atoms with van der Waals surface area (Å²) < 4.78 is 11.8. The van der Waals surface area contributed by atoms with Crippen molar-refractivity contribution in [2.24, 2.45) is 4.99 Å². The molecule has 0 unspecified atom stereocenters. The Balaban J connectivity index is 1.65. The van der Waals surface area contributed by atoms with Crippen molar-refractivity contribution in [2.45, 2.75) is 77.0 Å². The first-order valence-corrected chi connectivity index (χ1v) is 17.4. The number of aliphatic imine (C=N–C) groups is 1. The molecule has 1 fully saturated rings. The number of ether oxygens (including phenoxy) is 2. The van der Waals surface area contributed by atoms with Crippen LogP contribution in [0.4, 0.5) is 9.59 Å². The fraction of sp³-hybridized carbons (Fsp3) is 0.459. The fourth-order valence-corrected chi connectivity index (χ4v) is 6.77. The molecule has 3 aromatic rings. The monoisotopic (exact) mass is 709 g/mol. The molecule has 0 bridgehead atoms. The molecule has 12 heteroatoms. The Morgan fingerprint density at radius 2 is 1.59 bits per heavy atom. The molecule has 1 aromatic heterocycles. The van der Waals surface area contributed by atoms with Crippen LogP contribution in [0.5, 0.6) is 5.75 Å². The Morgan fingerprint density at radius 3 is 2.14 bits per heavy atom. The molecule has 10 nitrogen and oxygen atoms in total. The minimum atomic E-state index is -1.07. The highest BCUT2D eigenvalue weighted by Gasteiger charge is 2.60. The highest BCUT2D eigenvalue weighted by Crippen LogP contribution is 2.54. The number of amidine groups is 1.